The van der Waals surface area contributed by atoms with Crippen LogP contribution >= 0.6 is 11.6 Å². The summed E-state index contributed by atoms with van der Waals surface area (Å²) in [6, 6.07) is 28.9. The van der Waals surface area contributed by atoms with Gasteiger partial charge in [0.2, 0.25) is 17.7 Å². The van der Waals surface area contributed by atoms with Crippen molar-refractivity contribution in [1.82, 2.24) is 19.8 Å². The number of hydrogen-bond acceptors (Lipinski definition) is 8. The van der Waals surface area contributed by atoms with Crippen molar-refractivity contribution in [2.24, 2.45) is 0 Å². The zero-order valence-corrected chi connectivity index (χ0v) is 30.5. The van der Waals surface area contributed by atoms with Gasteiger partial charge < -0.3 is 19.1 Å². The summed E-state index contributed by atoms with van der Waals surface area (Å²) >= 11 is 6.62. The second-order valence-corrected chi connectivity index (χ2v) is 13.2. The maximum absolute atomic E-state index is 13.0. The van der Waals surface area contributed by atoms with Gasteiger partial charge in [0.15, 0.2) is 5.75 Å². The number of aromatic nitrogens is 2. The van der Waals surface area contributed by atoms with Gasteiger partial charge in [0.05, 0.1) is 22.9 Å². The standard InChI is InChI=1S/C43H40ClN5O4/c1-31-5-16-40(46-27-31)51-23-3-4-33-6-10-35(11-7-33)29-48-19-21-49(22-20-48)42(50)18-14-37-24-32(2)43(39(44)25-37)53-41-17-15-38(28-47-41)52-30-36-12-8-34(26-45)9-13-36/h3-18,24-25,27-28H,19-23,29-30H2,1-2H3/b4-3+,18-14+. The number of benzene rings is 3. The fourth-order valence-electron chi connectivity index (χ4n) is 5.69. The van der Waals surface area contributed by atoms with Crippen molar-refractivity contribution in [3.63, 3.8) is 0 Å². The second kappa shape index (κ2) is 18.0. The van der Waals surface area contributed by atoms with Gasteiger partial charge in [-0.15, -0.1) is 0 Å². The first-order chi connectivity index (χ1) is 25.8. The van der Waals surface area contributed by atoms with Crippen LogP contribution in [-0.4, -0.2) is 58.5 Å². The SMILES string of the molecule is Cc1ccc(OC/C=C/c2ccc(CN3CCN(C(=O)/C=C/c4cc(C)c(Oc5ccc(OCc6ccc(C#N)cc6)cn5)c(Cl)c4)CC3)cc2)nc1. The Hall–Kier alpha value is -5.95. The van der Waals surface area contributed by atoms with Gasteiger partial charge in [-0.1, -0.05) is 60.1 Å². The van der Waals surface area contributed by atoms with E-state index in [1.807, 2.05) is 61.2 Å². The van der Waals surface area contributed by atoms with Crippen LogP contribution in [0.4, 0.5) is 0 Å². The molecular weight excluding hydrogens is 686 g/mol. The Kier molecular flexibility index (Phi) is 12.5. The van der Waals surface area contributed by atoms with Gasteiger partial charge in [0, 0.05) is 57.1 Å². The van der Waals surface area contributed by atoms with E-state index in [-0.39, 0.29) is 5.91 Å². The smallest absolute Gasteiger partial charge is 0.246 e. The zero-order chi connectivity index (χ0) is 37.0. The predicted octanol–water partition coefficient (Wildman–Crippen LogP) is 8.44. The lowest BCUT2D eigenvalue weighted by Crippen LogP contribution is -2.47. The molecule has 0 spiro atoms. The average molecular weight is 726 g/mol. The third-order valence-corrected chi connectivity index (χ3v) is 8.95. The molecule has 0 bridgehead atoms. The lowest BCUT2D eigenvalue weighted by atomic mass is 10.1. The van der Waals surface area contributed by atoms with Gasteiger partial charge in [0.1, 0.15) is 19.0 Å². The summed E-state index contributed by atoms with van der Waals surface area (Å²) in [7, 11) is 0. The van der Waals surface area contributed by atoms with Crippen LogP contribution in [0.25, 0.3) is 12.2 Å². The molecule has 3 aromatic carbocycles. The van der Waals surface area contributed by atoms with Crippen molar-refractivity contribution in [3.8, 4) is 29.3 Å². The molecule has 5 aromatic rings. The summed E-state index contributed by atoms with van der Waals surface area (Å²) in [5.74, 6) is 2.06. The quantitative estimate of drug-likeness (QED) is 0.112. The number of halogens is 1. The third kappa shape index (κ3) is 10.8. The van der Waals surface area contributed by atoms with E-state index in [1.165, 1.54) is 5.56 Å². The number of nitriles is 1. The first-order valence-corrected chi connectivity index (χ1v) is 17.8. The van der Waals surface area contributed by atoms with E-state index in [1.54, 1.807) is 54.9 Å². The minimum absolute atomic E-state index is 0.0253. The summed E-state index contributed by atoms with van der Waals surface area (Å²) in [6.07, 6.45) is 10.8. The number of aryl methyl sites for hydroxylation is 2. The predicted molar refractivity (Wildman–Crippen MR) is 207 cm³/mol. The first kappa shape index (κ1) is 36.8. The number of carbonyl (C=O) groups is 1. The molecule has 0 saturated carbocycles. The Balaban J connectivity index is 0.929. The van der Waals surface area contributed by atoms with Crippen molar-refractivity contribution in [2.75, 3.05) is 32.8 Å². The highest BCUT2D eigenvalue weighted by Crippen LogP contribution is 2.34. The molecule has 1 aliphatic heterocycles. The topological polar surface area (TPSA) is 101 Å². The largest absolute Gasteiger partial charge is 0.487 e. The Morgan fingerprint density at radius 2 is 1.57 bits per heavy atom. The highest BCUT2D eigenvalue weighted by atomic mass is 35.5. The molecule has 10 heteroatoms. The molecule has 0 radical (unpaired) electrons. The molecule has 0 N–H and O–H groups in total. The van der Waals surface area contributed by atoms with Crippen molar-refractivity contribution in [1.29, 1.82) is 5.26 Å². The summed E-state index contributed by atoms with van der Waals surface area (Å²) in [6.45, 7) is 8.49. The first-order valence-electron chi connectivity index (χ1n) is 17.4. The Labute approximate surface area is 315 Å². The number of rotatable bonds is 13. The normalized spacial score (nSPS) is 13.3. The summed E-state index contributed by atoms with van der Waals surface area (Å²) in [5, 5.41) is 9.37. The molecule has 3 heterocycles. The molecule has 1 fully saturated rings. The van der Waals surface area contributed by atoms with Crippen LogP contribution in [0.2, 0.25) is 5.02 Å². The average Bonchev–Trinajstić information content (AvgIpc) is 3.18. The number of amides is 1. The van der Waals surface area contributed by atoms with Crippen molar-refractivity contribution in [3.05, 3.63) is 153 Å². The van der Waals surface area contributed by atoms with Crippen LogP contribution in [0.1, 0.15) is 38.9 Å². The van der Waals surface area contributed by atoms with Crippen LogP contribution in [0.3, 0.4) is 0 Å². The van der Waals surface area contributed by atoms with Crippen molar-refractivity contribution in [2.45, 2.75) is 27.0 Å². The van der Waals surface area contributed by atoms with Gasteiger partial charge in [0.25, 0.3) is 0 Å². The van der Waals surface area contributed by atoms with Crippen molar-refractivity contribution < 1.29 is 19.0 Å². The summed E-state index contributed by atoms with van der Waals surface area (Å²) in [4.78, 5) is 25.9. The van der Waals surface area contributed by atoms with Crippen LogP contribution in [0.15, 0.2) is 109 Å². The summed E-state index contributed by atoms with van der Waals surface area (Å²) < 4.78 is 17.5. The zero-order valence-electron chi connectivity index (χ0n) is 29.7. The summed E-state index contributed by atoms with van der Waals surface area (Å²) in [5.41, 5.74) is 6.62. The van der Waals surface area contributed by atoms with Gasteiger partial charge >= 0.3 is 0 Å². The molecule has 9 nitrogen and oxygen atoms in total. The van der Waals surface area contributed by atoms with Crippen LogP contribution in [0, 0.1) is 25.2 Å². The van der Waals surface area contributed by atoms with Crippen LogP contribution < -0.4 is 14.2 Å². The fraction of sp³-hybridized carbons (Fsp3) is 0.209. The lowest BCUT2D eigenvalue weighted by molar-refractivity contribution is -0.127. The monoisotopic (exact) mass is 725 g/mol. The molecule has 1 aliphatic rings. The number of carbonyl (C=O) groups excluding carboxylic acids is 1. The molecule has 2 aromatic heterocycles. The van der Waals surface area contributed by atoms with Crippen LogP contribution in [-0.2, 0) is 17.9 Å². The molecule has 268 valence electrons. The maximum Gasteiger partial charge on any atom is 0.246 e. The minimum atomic E-state index is -0.0253. The number of hydrogen-bond donors (Lipinski definition) is 0. The second-order valence-electron chi connectivity index (χ2n) is 12.7. The van der Waals surface area contributed by atoms with Gasteiger partial charge in [-0.3, -0.25) is 9.69 Å². The number of ether oxygens (including phenoxy) is 3. The minimum Gasteiger partial charge on any atom is -0.487 e. The van der Waals surface area contributed by atoms with Gasteiger partial charge in [-0.25, -0.2) is 9.97 Å². The Morgan fingerprint density at radius 3 is 2.25 bits per heavy atom. The highest BCUT2D eigenvalue weighted by Gasteiger charge is 2.20. The van der Waals surface area contributed by atoms with E-state index in [0.717, 1.165) is 47.5 Å². The van der Waals surface area contributed by atoms with Gasteiger partial charge in [-0.2, -0.15) is 5.26 Å². The number of pyridine rings is 2. The third-order valence-electron chi connectivity index (χ3n) is 8.67. The maximum atomic E-state index is 13.0. The molecule has 1 amide bonds. The van der Waals surface area contributed by atoms with E-state index in [4.69, 9.17) is 31.1 Å². The van der Waals surface area contributed by atoms with E-state index in [2.05, 4.69) is 45.2 Å². The van der Waals surface area contributed by atoms with E-state index < -0.39 is 0 Å². The molecule has 53 heavy (non-hydrogen) atoms. The molecule has 0 atom stereocenters. The van der Waals surface area contributed by atoms with Gasteiger partial charge in [-0.05, 0) is 89.7 Å². The highest BCUT2D eigenvalue weighted by molar-refractivity contribution is 6.32. The lowest BCUT2D eigenvalue weighted by Gasteiger charge is -2.34. The Bertz CT molecular complexity index is 2060. The molecular formula is C43H40ClN5O4. The van der Waals surface area contributed by atoms with E-state index >= 15 is 0 Å². The molecule has 0 unspecified atom stereocenters. The number of piperazine rings is 1. The van der Waals surface area contributed by atoms with Crippen molar-refractivity contribution >= 4 is 29.7 Å². The molecule has 1 saturated heterocycles. The number of nitrogens with zero attached hydrogens (tertiary/aromatic N) is 5. The molecule has 0 aliphatic carbocycles. The molecule has 6 rings (SSSR count). The Morgan fingerprint density at radius 1 is 0.830 bits per heavy atom. The van der Waals surface area contributed by atoms with E-state index in [9.17, 15) is 4.79 Å². The van der Waals surface area contributed by atoms with Crippen LogP contribution in [0.5, 0.6) is 23.3 Å². The fourth-order valence-corrected chi connectivity index (χ4v) is 6.00. The van der Waals surface area contributed by atoms with E-state index in [0.29, 0.717) is 60.1 Å².